The summed E-state index contributed by atoms with van der Waals surface area (Å²) in [4.78, 5) is 28.4. The van der Waals surface area contributed by atoms with E-state index in [9.17, 15) is 4.79 Å². The van der Waals surface area contributed by atoms with Crippen LogP contribution >= 0.6 is 0 Å². The van der Waals surface area contributed by atoms with Crippen LogP contribution in [0.2, 0.25) is 0 Å². The highest BCUT2D eigenvalue weighted by molar-refractivity contribution is 5.93. The monoisotopic (exact) mass is 353 g/mol. The van der Waals surface area contributed by atoms with Gasteiger partial charge in [-0.25, -0.2) is 9.97 Å². The van der Waals surface area contributed by atoms with Crippen molar-refractivity contribution in [3.05, 3.63) is 53.5 Å². The zero-order valence-corrected chi connectivity index (χ0v) is 15.9. The first-order chi connectivity index (χ1) is 12.6. The third-order valence-corrected chi connectivity index (χ3v) is 4.76. The van der Waals surface area contributed by atoms with Crippen molar-refractivity contribution < 1.29 is 4.79 Å². The minimum Gasteiger partial charge on any atom is -0.354 e. The number of amides is 1. The summed E-state index contributed by atoms with van der Waals surface area (Å²) in [6, 6.07) is 11.9. The molecule has 0 unspecified atom stereocenters. The van der Waals surface area contributed by atoms with Crippen LogP contribution in [0.4, 0.5) is 5.82 Å². The van der Waals surface area contributed by atoms with E-state index in [0.29, 0.717) is 24.6 Å². The van der Waals surface area contributed by atoms with Crippen molar-refractivity contribution in [2.45, 2.75) is 20.4 Å². The highest BCUT2D eigenvalue weighted by atomic mass is 16.2. The van der Waals surface area contributed by atoms with Gasteiger partial charge in [0.15, 0.2) is 0 Å². The number of carbonyl (C=O) groups excluding carboxylic acids is 1. The quantitative estimate of drug-likeness (QED) is 0.825. The summed E-state index contributed by atoms with van der Waals surface area (Å²) in [5, 5.41) is 0. The Morgan fingerprint density at radius 3 is 2.46 bits per heavy atom. The molecule has 1 amide bonds. The van der Waals surface area contributed by atoms with Crippen molar-refractivity contribution in [1.29, 1.82) is 0 Å². The van der Waals surface area contributed by atoms with E-state index in [-0.39, 0.29) is 5.91 Å². The summed E-state index contributed by atoms with van der Waals surface area (Å²) in [7, 11) is 2.13. The summed E-state index contributed by atoms with van der Waals surface area (Å²) >= 11 is 0. The van der Waals surface area contributed by atoms with Gasteiger partial charge in [0.2, 0.25) is 0 Å². The van der Waals surface area contributed by atoms with Gasteiger partial charge in [-0.3, -0.25) is 4.79 Å². The highest BCUT2D eigenvalue weighted by Gasteiger charge is 2.21. The van der Waals surface area contributed by atoms with Crippen molar-refractivity contribution in [2.75, 3.05) is 44.7 Å². The van der Waals surface area contributed by atoms with Crippen LogP contribution in [0.25, 0.3) is 0 Å². The molecule has 1 saturated heterocycles. The lowest BCUT2D eigenvalue weighted by molar-refractivity contribution is 0.0746. The molecule has 26 heavy (non-hydrogen) atoms. The number of hydrogen-bond donors (Lipinski definition) is 0. The third-order valence-electron chi connectivity index (χ3n) is 4.76. The molecular formula is C20H27N5O. The average molecular weight is 353 g/mol. The third kappa shape index (κ3) is 4.38. The second-order valence-corrected chi connectivity index (χ2v) is 6.75. The largest absolute Gasteiger partial charge is 0.354 e. The molecule has 0 aliphatic carbocycles. The molecular weight excluding hydrogens is 326 g/mol. The molecule has 0 N–H and O–H groups in total. The number of aryl methyl sites for hydroxylation is 1. The second kappa shape index (κ2) is 8.27. The van der Waals surface area contributed by atoms with E-state index in [1.165, 1.54) is 0 Å². The molecule has 1 fully saturated rings. The van der Waals surface area contributed by atoms with Gasteiger partial charge in [-0.2, -0.15) is 0 Å². The molecule has 6 heteroatoms. The molecule has 1 aliphatic rings. The van der Waals surface area contributed by atoms with Gasteiger partial charge in [0, 0.05) is 45.3 Å². The summed E-state index contributed by atoms with van der Waals surface area (Å²) in [5.41, 5.74) is 1.59. The first-order valence-corrected chi connectivity index (χ1v) is 9.19. The number of benzene rings is 1. The summed E-state index contributed by atoms with van der Waals surface area (Å²) in [6.07, 6.45) is 0. The van der Waals surface area contributed by atoms with E-state index in [4.69, 9.17) is 0 Å². The molecule has 1 aliphatic heterocycles. The minimum absolute atomic E-state index is 0.0442. The molecule has 0 spiro atoms. The fraction of sp³-hybridized carbons (Fsp3) is 0.450. The lowest BCUT2D eigenvalue weighted by atomic mass is 10.2. The fourth-order valence-corrected chi connectivity index (χ4v) is 3.15. The van der Waals surface area contributed by atoms with E-state index in [1.807, 2.05) is 55.1 Å². The average Bonchev–Trinajstić information content (AvgIpc) is 2.66. The number of rotatable bonds is 5. The Hall–Kier alpha value is -2.47. The molecule has 138 valence electrons. The number of piperazine rings is 1. The first-order valence-electron chi connectivity index (χ1n) is 9.19. The van der Waals surface area contributed by atoms with Crippen molar-refractivity contribution in [1.82, 2.24) is 19.8 Å². The summed E-state index contributed by atoms with van der Waals surface area (Å²) < 4.78 is 0. The zero-order chi connectivity index (χ0) is 18.5. The predicted octanol–water partition coefficient (Wildman–Crippen LogP) is 2.20. The van der Waals surface area contributed by atoms with Crippen LogP contribution in [0.3, 0.4) is 0 Å². The van der Waals surface area contributed by atoms with Crippen LogP contribution in [0.15, 0.2) is 36.4 Å². The Balaban J connectivity index is 1.79. The molecule has 2 aromatic rings. The van der Waals surface area contributed by atoms with E-state index < -0.39 is 0 Å². The van der Waals surface area contributed by atoms with Crippen LogP contribution in [-0.4, -0.2) is 65.4 Å². The smallest absolute Gasteiger partial charge is 0.272 e. The lowest BCUT2D eigenvalue weighted by Crippen LogP contribution is -2.45. The molecule has 0 saturated carbocycles. The van der Waals surface area contributed by atoms with Crippen molar-refractivity contribution in [2.24, 2.45) is 0 Å². The Bertz CT molecular complexity index is 741. The van der Waals surface area contributed by atoms with Crippen LogP contribution in [-0.2, 0) is 6.54 Å². The second-order valence-electron chi connectivity index (χ2n) is 6.75. The fourth-order valence-electron chi connectivity index (χ4n) is 3.15. The Kier molecular flexibility index (Phi) is 5.83. The van der Waals surface area contributed by atoms with Crippen LogP contribution < -0.4 is 4.90 Å². The van der Waals surface area contributed by atoms with Gasteiger partial charge in [0.1, 0.15) is 17.3 Å². The molecule has 3 rings (SSSR count). The van der Waals surface area contributed by atoms with Crippen LogP contribution in [0, 0.1) is 6.92 Å². The van der Waals surface area contributed by atoms with Gasteiger partial charge in [-0.05, 0) is 26.5 Å². The number of hydrogen-bond acceptors (Lipinski definition) is 5. The molecule has 1 aromatic heterocycles. The number of aromatic nitrogens is 2. The SMILES string of the molecule is CCN(Cc1ccccc1)C(=O)c1cc(N2CCN(C)CC2)nc(C)n1. The minimum atomic E-state index is -0.0442. The first kappa shape index (κ1) is 18.3. The van der Waals surface area contributed by atoms with Gasteiger partial charge >= 0.3 is 0 Å². The molecule has 0 radical (unpaired) electrons. The molecule has 6 nitrogen and oxygen atoms in total. The molecule has 0 atom stereocenters. The van der Waals surface area contributed by atoms with Gasteiger partial charge in [0.25, 0.3) is 5.91 Å². The summed E-state index contributed by atoms with van der Waals surface area (Å²) in [5.74, 6) is 1.45. The summed E-state index contributed by atoms with van der Waals surface area (Å²) in [6.45, 7) is 8.91. The van der Waals surface area contributed by atoms with Crippen LogP contribution in [0.5, 0.6) is 0 Å². The number of likely N-dealkylation sites (N-methyl/N-ethyl adjacent to an activating group) is 1. The van der Waals surface area contributed by atoms with Gasteiger partial charge in [0.05, 0.1) is 0 Å². The molecule has 1 aromatic carbocycles. The van der Waals surface area contributed by atoms with E-state index in [1.54, 1.807) is 0 Å². The maximum Gasteiger partial charge on any atom is 0.272 e. The topological polar surface area (TPSA) is 52.6 Å². The predicted molar refractivity (Wildman–Crippen MR) is 103 cm³/mol. The standard InChI is InChI=1S/C20H27N5O/c1-4-24(15-17-8-6-5-7-9-17)20(26)18-14-19(22-16(2)21-18)25-12-10-23(3)11-13-25/h5-9,14H,4,10-13,15H2,1-3H3. The van der Waals surface area contributed by atoms with Gasteiger partial charge in [-0.1, -0.05) is 30.3 Å². The number of nitrogens with zero attached hydrogens (tertiary/aromatic N) is 5. The van der Waals surface area contributed by atoms with Crippen molar-refractivity contribution in [3.63, 3.8) is 0 Å². The zero-order valence-electron chi connectivity index (χ0n) is 15.9. The van der Waals surface area contributed by atoms with E-state index in [0.717, 1.165) is 37.6 Å². The highest BCUT2D eigenvalue weighted by Crippen LogP contribution is 2.17. The van der Waals surface area contributed by atoms with Gasteiger partial charge in [-0.15, -0.1) is 0 Å². The number of anilines is 1. The Labute approximate surface area is 155 Å². The normalized spacial score (nSPS) is 15.1. The van der Waals surface area contributed by atoms with Crippen molar-refractivity contribution in [3.8, 4) is 0 Å². The number of carbonyl (C=O) groups is 1. The Morgan fingerprint density at radius 2 is 1.81 bits per heavy atom. The maximum absolute atomic E-state index is 13.0. The maximum atomic E-state index is 13.0. The van der Waals surface area contributed by atoms with Crippen LogP contribution in [0.1, 0.15) is 28.8 Å². The van der Waals surface area contributed by atoms with Crippen molar-refractivity contribution >= 4 is 11.7 Å². The van der Waals surface area contributed by atoms with E-state index >= 15 is 0 Å². The Morgan fingerprint density at radius 1 is 1.12 bits per heavy atom. The van der Waals surface area contributed by atoms with E-state index in [2.05, 4.69) is 26.8 Å². The molecule has 2 heterocycles. The lowest BCUT2D eigenvalue weighted by Gasteiger charge is -2.33. The van der Waals surface area contributed by atoms with Gasteiger partial charge < -0.3 is 14.7 Å². The molecule has 0 bridgehead atoms.